The van der Waals surface area contributed by atoms with Gasteiger partial charge in [0.25, 0.3) is 0 Å². The van der Waals surface area contributed by atoms with Crippen molar-refractivity contribution in [2.75, 3.05) is 13.7 Å². The lowest BCUT2D eigenvalue weighted by Crippen LogP contribution is -2.37. The third kappa shape index (κ3) is 4.18. The second kappa shape index (κ2) is 7.07. The van der Waals surface area contributed by atoms with Crippen molar-refractivity contribution in [3.05, 3.63) is 26.6 Å². The number of nitrogens with one attached hydrogen (secondary N) is 1. The van der Waals surface area contributed by atoms with E-state index in [9.17, 15) is 0 Å². The fraction of sp³-hybridized carbons (Fsp3) is 0.571. The van der Waals surface area contributed by atoms with Crippen LogP contribution in [0.1, 0.15) is 25.3 Å². The number of rotatable bonds is 4. The molecule has 0 bridgehead atoms. The smallest absolute Gasteiger partial charge is 0.137 e. The Kier molecular flexibility index (Phi) is 5.69. The minimum Gasteiger partial charge on any atom is -0.495 e. The summed E-state index contributed by atoms with van der Waals surface area (Å²) in [6, 6.07) is 4.62. The summed E-state index contributed by atoms with van der Waals surface area (Å²) in [5.41, 5.74) is 1.16. The van der Waals surface area contributed by atoms with E-state index in [1.54, 1.807) is 7.11 Å². The number of methoxy groups -OCH3 is 1. The van der Waals surface area contributed by atoms with E-state index in [1.807, 2.05) is 6.07 Å². The van der Waals surface area contributed by atoms with Gasteiger partial charge in [-0.25, -0.2) is 0 Å². The van der Waals surface area contributed by atoms with Crippen molar-refractivity contribution in [1.29, 1.82) is 0 Å². The lowest BCUT2D eigenvalue weighted by molar-refractivity contribution is 0.0130. The minimum atomic E-state index is 0.349. The standard InChI is InChI=1S/C14H19Br2NO2/c1-9-5-12(3-4-19-9)17-8-10-6-11(15)7-13(16)14(10)18-2/h6-7,9,12,17H,3-5,8H2,1-2H3. The molecule has 0 saturated carbocycles. The Morgan fingerprint density at radius 3 is 2.89 bits per heavy atom. The summed E-state index contributed by atoms with van der Waals surface area (Å²) < 4.78 is 13.0. The van der Waals surface area contributed by atoms with E-state index >= 15 is 0 Å². The maximum absolute atomic E-state index is 5.56. The van der Waals surface area contributed by atoms with E-state index in [1.165, 1.54) is 0 Å². The van der Waals surface area contributed by atoms with Gasteiger partial charge in [0.1, 0.15) is 5.75 Å². The van der Waals surface area contributed by atoms with Crippen molar-refractivity contribution in [3.8, 4) is 5.75 Å². The van der Waals surface area contributed by atoms with E-state index in [0.29, 0.717) is 12.1 Å². The molecule has 0 aromatic heterocycles. The van der Waals surface area contributed by atoms with E-state index in [-0.39, 0.29) is 0 Å². The second-order valence-electron chi connectivity index (χ2n) is 4.86. The molecule has 0 spiro atoms. The zero-order chi connectivity index (χ0) is 13.8. The van der Waals surface area contributed by atoms with E-state index < -0.39 is 0 Å². The number of halogens is 2. The Bertz CT molecular complexity index is 440. The predicted octanol–water partition coefficient (Wildman–Crippen LogP) is 3.88. The normalized spacial score (nSPS) is 23.4. The van der Waals surface area contributed by atoms with Crippen LogP contribution in [0.3, 0.4) is 0 Å². The van der Waals surface area contributed by atoms with Crippen LogP contribution in [-0.4, -0.2) is 25.9 Å². The Morgan fingerprint density at radius 1 is 1.42 bits per heavy atom. The summed E-state index contributed by atoms with van der Waals surface area (Å²) in [5, 5.41) is 3.60. The van der Waals surface area contributed by atoms with Gasteiger partial charge in [-0.15, -0.1) is 0 Å². The summed E-state index contributed by atoms with van der Waals surface area (Å²) in [5.74, 6) is 0.899. The zero-order valence-corrected chi connectivity index (χ0v) is 14.4. The zero-order valence-electron chi connectivity index (χ0n) is 11.2. The molecule has 1 aromatic rings. The third-order valence-electron chi connectivity index (χ3n) is 3.36. The summed E-state index contributed by atoms with van der Waals surface area (Å²) in [7, 11) is 1.70. The first-order chi connectivity index (χ1) is 9.10. The first kappa shape index (κ1) is 15.3. The highest BCUT2D eigenvalue weighted by Gasteiger charge is 2.19. The first-order valence-electron chi connectivity index (χ1n) is 6.47. The number of hydrogen-bond donors (Lipinski definition) is 1. The molecule has 1 saturated heterocycles. The summed E-state index contributed by atoms with van der Waals surface area (Å²) in [6.07, 6.45) is 2.49. The van der Waals surface area contributed by atoms with Crippen LogP contribution in [0.25, 0.3) is 0 Å². The molecule has 1 aliphatic heterocycles. The molecule has 2 rings (SSSR count). The number of benzene rings is 1. The summed E-state index contributed by atoms with van der Waals surface area (Å²) >= 11 is 7.05. The second-order valence-corrected chi connectivity index (χ2v) is 6.63. The van der Waals surface area contributed by atoms with Crippen molar-refractivity contribution >= 4 is 31.9 Å². The van der Waals surface area contributed by atoms with Crippen molar-refractivity contribution in [3.63, 3.8) is 0 Å². The molecule has 1 aliphatic rings. The van der Waals surface area contributed by atoms with Gasteiger partial charge >= 0.3 is 0 Å². The highest BCUT2D eigenvalue weighted by atomic mass is 79.9. The minimum absolute atomic E-state index is 0.349. The van der Waals surface area contributed by atoms with Crippen LogP contribution >= 0.6 is 31.9 Å². The quantitative estimate of drug-likeness (QED) is 0.843. The molecular weight excluding hydrogens is 374 g/mol. The lowest BCUT2D eigenvalue weighted by atomic mass is 10.0. The molecule has 19 heavy (non-hydrogen) atoms. The predicted molar refractivity (Wildman–Crippen MR) is 83.7 cm³/mol. The van der Waals surface area contributed by atoms with Crippen LogP contribution < -0.4 is 10.1 Å². The lowest BCUT2D eigenvalue weighted by Gasteiger charge is -2.28. The van der Waals surface area contributed by atoms with Crippen LogP contribution in [0.4, 0.5) is 0 Å². The van der Waals surface area contributed by atoms with Crippen LogP contribution in [-0.2, 0) is 11.3 Å². The molecule has 2 unspecified atom stereocenters. The fourth-order valence-corrected chi connectivity index (χ4v) is 3.89. The largest absolute Gasteiger partial charge is 0.495 e. The maximum Gasteiger partial charge on any atom is 0.137 e. The molecule has 1 aromatic carbocycles. The van der Waals surface area contributed by atoms with Gasteiger partial charge in [0.15, 0.2) is 0 Å². The molecule has 1 fully saturated rings. The molecule has 3 nitrogen and oxygen atoms in total. The van der Waals surface area contributed by atoms with Gasteiger partial charge in [0.05, 0.1) is 17.7 Å². The topological polar surface area (TPSA) is 30.5 Å². The summed E-state index contributed by atoms with van der Waals surface area (Å²) in [6.45, 7) is 3.78. The average Bonchev–Trinajstić information content (AvgIpc) is 2.36. The highest BCUT2D eigenvalue weighted by Crippen LogP contribution is 2.32. The molecule has 1 heterocycles. The van der Waals surface area contributed by atoms with Gasteiger partial charge in [0.2, 0.25) is 0 Å². The van der Waals surface area contributed by atoms with Crippen molar-refractivity contribution in [1.82, 2.24) is 5.32 Å². The molecular formula is C14H19Br2NO2. The monoisotopic (exact) mass is 391 g/mol. The molecule has 106 valence electrons. The molecule has 0 amide bonds. The Balaban J connectivity index is 2.02. The molecule has 2 atom stereocenters. The SMILES string of the molecule is COc1c(Br)cc(Br)cc1CNC1CCOC(C)C1. The van der Waals surface area contributed by atoms with E-state index in [0.717, 1.165) is 46.3 Å². The first-order valence-corrected chi connectivity index (χ1v) is 8.05. The highest BCUT2D eigenvalue weighted by molar-refractivity contribution is 9.11. The molecule has 0 radical (unpaired) electrons. The fourth-order valence-electron chi connectivity index (χ4n) is 2.41. The Hall–Kier alpha value is -0.100. The van der Waals surface area contributed by atoms with Crippen molar-refractivity contribution in [2.24, 2.45) is 0 Å². The van der Waals surface area contributed by atoms with E-state index in [4.69, 9.17) is 9.47 Å². The Labute approximate surface area is 131 Å². The van der Waals surface area contributed by atoms with Crippen LogP contribution in [0.5, 0.6) is 5.75 Å². The van der Waals surface area contributed by atoms with Gasteiger partial charge in [-0.3, -0.25) is 0 Å². The van der Waals surface area contributed by atoms with Crippen LogP contribution in [0, 0.1) is 0 Å². The molecule has 5 heteroatoms. The molecule has 0 aliphatic carbocycles. The Morgan fingerprint density at radius 2 is 2.21 bits per heavy atom. The third-order valence-corrected chi connectivity index (χ3v) is 4.40. The van der Waals surface area contributed by atoms with Gasteiger partial charge in [-0.05, 0) is 47.8 Å². The average molecular weight is 393 g/mol. The van der Waals surface area contributed by atoms with Crippen LogP contribution in [0.2, 0.25) is 0 Å². The van der Waals surface area contributed by atoms with Gasteiger partial charge in [0, 0.05) is 29.2 Å². The number of hydrogen-bond acceptors (Lipinski definition) is 3. The maximum atomic E-state index is 5.56. The van der Waals surface area contributed by atoms with Crippen LogP contribution in [0.15, 0.2) is 21.1 Å². The summed E-state index contributed by atoms with van der Waals surface area (Å²) in [4.78, 5) is 0. The van der Waals surface area contributed by atoms with E-state index in [2.05, 4.69) is 50.2 Å². The van der Waals surface area contributed by atoms with Gasteiger partial charge in [-0.1, -0.05) is 15.9 Å². The van der Waals surface area contributed by atoms with Gasteiger partial charge < -0.3 is 14.8 Å². The van der Waals surface area contributed by atoms with Gasteiger partial charge in [-0.2, -0.15) is 0 Å². The van der Waals surface area contributed by atoms with Crippen molar-refractivity contribution in [2.45, 2.75) is 38.5 Å². The number of ether oxygens (including phenoxy) is 2. The van der Waals surface area contributed by atoms with Crippen molar-refractivity contribution < 1.29 is 9.47 Å². The molecule has 1 N–H and O–H groups in total.